The number of rotatable bonds is 3. The Morgan fingerprint density at radius 1 is 1.47 bits per heavy atom. The first kappa shape index (κ1) is 12.7. The molecule has 0 fully saturated rings. The molecule has 0 radical (unpaired) electrons. The third kappa shape index (κ3) is 2.75. The van der Waals surface area contributed by atoms with Gasteiger partial charge in [-0.3, -0.25) is 5.43 Å². The highest BCUT2D eigenvalue weighted by molar-refractivity contribution is 5.39. The van der Waals surface area contributed by atoms with Gasteiger partial charge in [0.05, 0.1) is 5.56 Å². The van der Waals surface area contributed by atoms with Crippen molar-refractivity contribution in [3.8, 4) is 17.7 Å². The Hall–Kier alpha value is -2.72. The molecule has 0 spiro atoms. The second-order valence-corrected chi connectivity index (χ2v) is 3.68. The van der Waals surface area contributed by atoms with Crippen LogP contribution in [0.1, 0.15) is 11.1 Å². The van der Waals surface area contributed by atoms with Gasteiger partial charge in [-0.25, -0.2) is 15.2 Å². The molecule has 0 saturated heterocycles. The van der Waals surface area contributed by atoms with Gasteiger partial charge in [-0.15, -0.1) is 0 Å². The number of nitrogens with one attached hydrogen (secondary N) is 1. The van der Waals surface area contributed by atoms with Crippen LogP contribution in [0.5, 0.6) is 11.6 Å². The normalized spacial score (nSPS) is 9.79. The highest BCUT2D eigenvalue weighted by Crippen LogP contribution is 2.24. The quantitative estimate of drug-likeness (QED) is 0.645. The summed E-state index contributed by atoms with van der Waals surface area (Å²) in [5.74, 6) is 5.23. The number of anilines is 1. The fraction of sp³-hybridized carbons (Fsp3) is 0.0833. The number of hydrazine groups is 1. The summed E-state index contributed by atoms with van der Waals surface area (Å²) in [5, 5.41) is 8.64. The average Bonchev–Trinajstić information content (AvgIpc) is 2.41. The number of nitrogens with zero attached hydrogens (tertiary/aromatic N) is 3. The van der Waals surface area contributed by atoms with Crippen LogP contribution in [-0.2, 0) is 0 Å². The number of ether oxygens (including phenoxy) is 1. The molecule has 3 N–H and O–H groups in total. The molecule has 2 aromatic rings. The van der Waals surface area contributed by atoms with Crippen LogP contribution in [0, 0.1) is 24.1 Å². The third-order valence-corrected chi connectivity index (χ3v) is 2.33. The van der Waals surface area contributed by atoms with Crippen molar-refractivity contribution >= 4 is 5.95 Å². The van der Waals surface area contributed by atoms with Gasteiger partial charge in [-0.05, 0) is 19.1 Å². The van der Waals surface area contributed by atoms with Crippen molar-refractivity contribution in [1.82, 2.24) is 9.97 Å². The summed E-state index contributed by atoms with van der Waals surface area (Å²) < 4.78 is 18.9. The minimum atomic E-state index is -0.649. The third-order valence-electron chi connectivity index (χ3n) is 2.33. The van der Waals surface area contributed by atoms with E-state index in [1.54, 1.807) is 13.0 Å². The van der Waals surface area contributed by atoms with Crippen LogP contribution in [-0.4, -0.2) is 9.97 Å². The highest BCUT2D eigenvalue weighted by Gasteiger charge is 2.08. The van der Waals surface area contributed by atoms with E-state index >= 15 is 0 Å². The second-order valence-electron chi connectivity index (χ2n) is 3.68. The van der Waals surface area contributed by atoms with Crippen molar-refractivity contribution in [2.24, 2.45) is 5.84 Å². The Morgan fingerprint density at radius 3 is 2.89 bits per heavy atom. The molecule has 96 valence electrons. The molecule has 1 aromatic heterocycles. The first-order valence-electron chi connectivity index (χ1n) is 5.32. The van der Waals surface area contributed by atoms with Gasteiger partial charge in [0.15, 0.2) is 0 Å². The van der Waals surface area contributed by atoms with Crippen molar-refractivity contribution < 1.29 is 9.13 Å². The summed E-state index contributed by atoms with van der Waals surface area (Å²) in [4.78, 5) is 7.90. The first-order valence-corrected chi connectivity index (χ1v) is 5.32. The Labute approximate surface area is 108 Å². The average molecular weight is 259 g/mol. The van der Waals surface area contributed by atoms with Gasteiger partial charge < -0.3 is 4.74 Å². The molecule has 7 heteroatoms. The number of aromatic nitrogens is 2. The van der Waals surface area contributed by atoms with Gasteiger partial charge in [-0.1, -0.05) is 0 Å². The zero-order valence-electron chi connectivity index (χ0n) is 10.0. The number of hydrogen-bond acceptors (Lipinski definition) is 6. The number of nitriles is 1. The summed E-state index contributed by atoms with van der Waals surface area (Å²) >= 11 is 0. The lowest BCUT2D eigenvalue weighted by Gasteiger charge is -2.08. The van der Waals surface area contributed by atoms with Crippen molar-refractivity contribution in [3.05, 3.63) is 41.3 Å². The Balaban J connectivity index is 2.31. The minimum Gasteiger partial charge on any atom is -0.438 e. The molecule has 0 saturated carbocycles. The van der Waals surface area contributed by atoms with E-state index in [2.05, 4.69) is 15.4 Å². The number of aryl methyl sites for hydroxylation is 1. The van der Waals surface area contributed by atoms with Crippen LogP contribution in [0.25, 0.3) is 0 Å². The zero-order valence-corrected chi connectivity index (χ0v) is 10.0. The Kier molecular flexibility index (Phi) is 3.54. The topological polar surface area (TPSA) is 96.8 Å². The molecule has 2 rings (SSSR count). The number of benzene rings is 1. The molecule has 0 bridgehead atoms. The molecule has 0 aliphatic rings. The lowest BCUT2D eigenvalue weighted by molar-refractivity contribution is 0.453. The van der Waals surface area contributed by atoms with E-state index in [-0.39, 0.29) is 23.1 Å². The molecule has 0 aliphatic heterocycles. The van der Waals surface area contributed by atoms with E-state index in [1.165, 1.54) is 18.3 Å². The fourth-order valence-electron chi connectivity index (χ4n) is 1.36. The SMILES string of the molecule is Cc1cnc(NN)nc1Oc1ccc(C#N)c(F)c1. The molecule has 0 aliphatic carbocycles. The van der Waals surface area contributed by atoms with Crippen LogP contribution in [0.3, 0.4) is 0 Å². The predicted octanol–water partition coefficient (Wildman–Crippen LogP) is 1.87. The van der Waals surface area contributed by atoms with E-state index in [4.69, 9.17) is 15.8 Å². The standard InChI is InChI=1S/C12H10FN5O/c1-7-6-16-12(18-15)17-11(7)19-9-3-2-8(5-14)10(13)4-9/h2-4,6H,15H2,1H3,(H,16,17,18). The lowest BCUT2D eigenvalue weighted by Crippen LogP contribution is -2.11. The maximum atomic E-state index is 13.4. The van der Waals surface area contributed by atoms with Crippen molar-refractivity contribution in [3.63, 3.8) is 0 Å². The molecule has 0 amide bonds. The predicted molar refractivity (Wildman–Crippen MR) is 65.8 cm³/mol. The van der Waals surface area contributed by atoms with Crippen LogP contribution in [0.4, 0.5) is 10.3 Å². The molecular formula is C12H10FN5O. The molecule has 6 nitrogen and oxygen atoms in total. The molecular weight excluding hydrogens is 249 g/mol. The zero-order chi connectivity index (χ0) is 13.8. The smallest absolute Gasteiger partial charge is 0.240 e. The number of hydrogen-bond donors (Lipinski definition) is 2. The monoisotopic (exact) mass is 259 g/mol. The summed E-state index contributed by atoms with van der Waals surface area (Å²) in [7, 11) is 0. The summed E-state index contributed by atoms with van der Waals surface area (Å²) in [6, 6.07) is 5.68. The molecule has 1 aromatic carbocycles. The molecule has 19 heavy (non-hydrogen) atoms. The van der Waals surface area contributed by atoms with Crippen molar-refractivity contribution in [2.75, 3.05) is 5.43 Å². The highest BCUT2D eigenvalue weighted by atomic mass is 19.1. The molecule has 1 heterocycles. The Bertz CT molecular complexity index is 653. The second kappa shape index (κ2) is 5.29. The lowest BCUT2D eigenvalue weighted by atomic mass is 10.2. The van der Waals surface area contributed by atoms with E-state index in [0.29, 0.717) is 5.56 Å². The van der Waals surface area contributed by atoms with Crippen LogP contribution in [0.15, 0.2) is 24.4 Å². The number of nitrogens with two attached hydrogens (primary N) is 1. The van der Waals surface area contributed by atoms with E-state index in [0.717, 1.165) is 6.07 Å². The van der Waals surface area contributed by atoms with Crippen molar-refractivity contribution in [2.45, 2.75) is 6.92 Å². The largest absolute Gasteiger partial charge is 0.438 e. The van der Waals surface area contributed by atoms with Gasteiger partial charge in [0, 0.05) is 17.8 Å². The van der Waals surface area contributed by atoms with E-state index < -0.39 is 5.82 Å². The minimum absolute atomic E-state index is 0.0453. The summed E-state index contributed by atoms with van der Waals surface area (Å²) in [6.07, 6.45) is 1.53. The first-order chi connectivity index (χ1) is 9.13. The molecule has 0 atom stereocenters. The van der Waals surface area contributed by atoms with E-state index in [9.17, 15) is 4.39 Å². The maximum Gasteiger partial charge on any atom is 0.240 e. The van der Waals surface area contributed by atoms with Crippen LogP contribution >= 0.6 is 0 Å². The molecule has 0 unspecified atom stereocenters. The van der Waals surface area contributed by atoms with Gasteiger partial charge in [0.25, 0.3) is 0 Å². The van der Waals surface area contributed by atoms with Crippen molar-refractivity contribution in [1.29, 1.82) is 5.26 Å². The van der Waals surface area contributed by atoms with E-state index in [1.807, 2.05) is 0 Å². The maximum absolute atomic E-state index is 13.4. The van der Waals surface area contributed by atoms with Gasteiger partial charge in [0.1, 0.15) is 17.6 Å². The van der Waals surface area contributed by atoms with Gasteiger partial charge in [0.2, 0.25) is 11.8 Å². The van der Waals surface area contributed by atoms with Gasteiger partial charge >= 0.3 is 0 Å². The fourth-order valence-corrected chi connectivity index (χ4v) is 1.36. The summed E-state index contributed by atoms with van der Waals surface area (Å²) in [5.41, 5.74) is 2.92. The Morgan fingerprint density at radius 2 is 2.26 bits per heavy atom. The van der Waals surface area contributed by atoms with Crippen LogP contribution in [0.2, 0.25) is 0 Å². The van der Waals surface area contributed by atoms with Gasteiger partial charge in [-0.2, -0.15) is 10.2 Å². The summed E-state index contributed by atoms with van der Waals surface area (Å²) in [6.45, 7) is 1.75. The number of nitrogen functional groups attached to an aromatic ring is 1. The van der Waals surface area contributed by atoms with Crippen LogP contribution < -0.4 is 16.0 Å². The number of halogens is 1.